The molecule has 1 aromatic rings. The minimum atomic E-state index is -1.17. The smallest absolute Gasteiger partial charge is 0.326 e. The first-order valence-electron chi connectivity index (χ1n) is 11.5. The molecule has 1 rings (SSSR count). The molecule has 10 heteroatoms. The van der Waals surface area contributed by atoms with Crippen LogP contribution in [-0.4, -0.2) is 58.1 Å². The molecule has 4 atom stereocenters. The summed E-state index contributed by atoms with van der Waals surface area (Å²) in [5, 5.41) is 26.8. The predicted molar refractivity (Wildman–Crippen MR) is 128 cm³/mol. The molecule has 0 heterocycles. The standard InChI is InChI=1S/C24H38N4O6/c1-13(2)10-18(26-21(30)15(5)25)22(31)27-19(12-16-6-8-17(29)9-7-16)23(32)28-20(24(33)34)11-14(3)4/h6-9,13-15,18-20,29H,10-12,25H2,1-5H3,(H,26,30)(H,27,31)(H,28,32)(H,33,34). The molecule has 0 aliphatic rings. The quantitative estimate of drug-likeness (QED) is 0.245. The fourth-order valence-electron chi connectivity index (χ4n) is 3.32. The first kappa shape index (κ1) is 28.9. The van der Waals surface area contributed by atoms with Crippen molar-refractivity contribution < 1.29 is 29.4 Å². The zero-order valence-electron chi connectivity index (χ0n) is 20.5. The van der Waals surface area contributed by atoms with Gasteiger partial charge in [0.1, 0.15) is 23.9 Å². The Morgan fingerprint density at radius 1 is 0.765 bits per heavy atom. The second kappa shape index (κ2) is 13.5. The van der Waals surface area contributed by atoms with Gasteiger partial charge in [-0.2, -0.15) is 0 Å². The maximum absolute atomic E-state index is 13.1. The molecule has 7 N–H and O–H groups in total. The van der Waals surface area contributed by atoms with Crippen LogP contribution in [0.1, 0.15) is 53.0 Å². The summed E-state index contributed by atoms with van der Waals surface area (Å²) in [7, 11) is 0. The van der Waals surface area contributed by atoms with Gasteiger partial charge in [-0.3, -0.25) is 14.4 Å². The summed E-state index contributed by atoms with van der Waals surface area (Å²) in [5.41, 5.74) is 6.27. The average molecular weight is 479 g/mol. The summed E-state index contributed by atoms with van der Waals surface area (Å²) in [6, 6.07) is 2.17. The van der Waals surface area contributed by atoms with E-state index in [1.165, 1.54) is 19.1 Å². The zero-order valence-corrected chi connectivity index (χ0v) is 20.5. The third kappa shape index (κ3) is 10.2. The van der Waals surface area contributed by atoms with Crippen LogP contribution in [0.15, 0.2) is 24.3 Å². The molecule has 0 spiro atoms. The van der Waals surface area contributed by atoms with Crippen molar-refractivity contribution in [2.45, 2.75) is 78.0 Å². The van der Waals surface area contributed by atoms with Crippen molar-refractivity contribution in [2.75, 3.05) is 0 Å². The molecule has 1 aromatic carbocycles. The van der Waals surface area contributed by atoms with Gasteiger partial charge in [0.15, 0.2) is 0 Å². The normalized spacial score (nSPS) is 14.7. The van der Waals surface area contributed by atoms with Crippen LogP contribution >= 0.6 is 0 Å². The second-order valence-electron chi connectivity index (χ2n) is 9.44. The summed E-state index contributed by atoms with van der Waals surface area (Å²) in [6.07, 6.45) is 0.603. The Hall–Kier alpha value is -3.14. The third-order valence-corrected chi connectivity index (χ3v) is 5.08. The molecule has 3 amide bonds. The highest BCUT2D eigenvalue weighted by Crippen LogP contribution is 2.13. The fraction of sp³-hybridized carbons (Fsp3) is 0.583. The van der Waals surface area contributed by atoms with Gasteiger partial charge in [0, 0.05) is 6.42 Å². The van der Waals surface area contributed by atoms with Crippen LogP contribution in [0, 0.1) is 11.8 Å². The number of nitrogens with two attached hydrogens (primary N) is 1. The van der Waals surface area contributed by atoms with E-state index in [0.29, 0.717) is 12.0 Å². The average Bonchev–Trinajstić information content (AvgIpc) is 2.72. The van der Waals surface area contributed by atoms with Gasteiger partial charge >= 0.3 is 5.97 Å². The van der Waals surface area contributed by atoms with Gasteiger partial charge in [-0.25, -0.2) is 4.79 Å². The minimum absolute atomic E-state index is 0.0235. The van der Waals surface area contributed by atoms with Crippen molar-refractivity contribution in [2.24, 2.45) is 17.6 Å². The minimum Gasteiger partial charge on any atom is -0.508 e. The van der Waals surface area contributed by atoms with Gasteiger partial charge in [-0.15, -0.1) is 0 Å². The van der Waals surface area contributed by atoms with Crippen LogP contribution in [0.25, 0.3) is 0 Å². The summed E-state index contributed by atoms with van der Waals surface area (Å²) in [6.45, 7) is 8.97. The number of rotatable bonds is 13. The van der Waals surface area contributed by atoms with E-state index >= 15 is 0 Å². The van der Waals surface area contributed by atoms with Gasteiger partial charge in [-0.05, 0) is 49.3 Å². The number of hydrogen-bond donors (Lipinski definition) is 6. The van der Waals surface area contributed by atoms with Crippen molar-refractivity contribution >= 4 is 23.7 Å². The van der Waals surface area contributed by atoms with Crippen molar-refractivity contribution in [3.8, 4) is 5.75 Å². The van der Waals surface area contributed by atoms with Gasteiger partial charge in [0.25, 0.3) is 0 Å². The summed E-state index contributed by atoms with van der Waals surface area (Å²) < 4.78 is 0. The molecule has 0 radical (unpaired) electrons. The zero-order chi connectivity index (χ0) is 26.0. The first-order chi connectivity index (χ1) is 15.8. The van der Waals surface area contributed by atoms with E-state index in [1.807, 2.05) is 27.7 Å². The Labute approximate surface area is 200 Å². The van der Waals surface area contributed by atoms with E-state index in [4.69, 9.17) is 5.73 Å². The third-order valence-electron chi connectivity index (χ3n) is 5.08. The number of hydrogen-bond acceptors (Lipinski definition) is 6. The molecule has 0 aliphatic carbocycles. The lowest BCUT2D eigenvalue weighted by atomic mass is 9.99. The largest absolute Gasteiger partial charge is 0.508 e. The molecule has 0 fully saturated rings. The number of carbonyl (C=O) groups excluding carboxylic acids is 3. The summed E-state index contributed by atoms with van der Waals surface area (Å²) in [4.78, 5) is 49.9. The first-order valence-corrected chi connectivity index (χ1v) is 11.5. The van der Waals surface area contributed by atoms with Crippen LogP contribution in [-0.2, 0) is 25.6 Å². The molecular weight excluding hydrogens is 440 g/mol. The van der Waals surface area contributed by atoms with Crippen LogP contribution < -0.4 is 21.7 Å². The number of aromatic hydroxyl groups is 1. The second-order valence-corrected chi connectivity index (χ2v) is 9.44. The topological polar surface area (TPSA) is 171 Å². The number of amides is 3. The maximum atomic E-state index is 13.1. The molecule has 34 heavy (non-hydrogen) atoms. The van der Waals surface area contributed by atoms with Crippen LogP contribution in [0.2, 0.25) is 0 Å². The molecular formula is C24H38N4O6. The molecule has 0 saturated carbocycles. The SMILES string of the molecule is CC(C)CC(NC(=O)C(Cc1ccc(O)cc1)NC(=O)C(CC(C)C)NC(=O)C(C)N)C(=O)O. The monoisotopic (exact) mass is 478 g/mol. The van der Waals surface area contributed by atoms with Crippen molar-refractivity contribution in [1.29, 1.82) is 0 Å². The molecule has 4 unspecified atom stereocenters. The Bertz CT molecular complexity index is 838. The highest BCUT2D eigenvalue weighted by Gasteiger charge is 2.30. The lowest BCUT2D eigenvalue weighted by molar-refractivity contribution is -0.142. The van der Waals surface area contributed by atoms with Gasteiger partial charge < -0.3 is 31.9 Å². The number of carboxylic acid groups (broad SMARTS) is 1. The number of benzene rings is 1. The van der Waals surface area contributed by atoms with Crippen molar-refractivity contribution in [3.63, 3.8) is 0 Å². The van der Waals surface area contributed by atoms with Crippen molar-refractivity contribution in [1.82, 2.24) is 16.0 Å². The lowest BCUT2D eigenvalue weighted by Gasteiger charge is -2.26. The van der Waals surface area contributed by atoms with Gasteiger partial charge in [0.05, 0.1) is 6.04 Å². The summed E-state index contributed by atoms with van der Waals surface area (Å²) in [5.74, 6) is -2.76. The molecule has 0 aliphatic heterocycles. The Kier molecular flexibility index (Phi) is 11.5. The van der Waals surface area contributed by atoms with Crippen LogP contribution in [0.4, 0.5) is 0 Å². The van der Waals surface area contributed by atoms with Gasteiger partial charge in [0.2, 0.25) is 17.7 Å². The number of carbonyl (C=O) groups is 4. The van der Waals surface area contributed by atoms with E-state index in [9.17, 15) is 29.4 Å². The van der Waals surface area contributed by atoms with Gasteiger partial charge in [-0.1, -0.05) is 39.8 Å². The Balaban J connectivity index is 3.14. The predicted octanol–water partition coefficient (Wildman–Crippen LogP) is 0.913. The number of nitrogens with one attached hydrogen (secondary N) is 3. The van der Waals surface area contributed by atoms with E-state index in [1.54, 1.807) is 12.1 Å². The van der Waals surface area contributed by atoms with E-state index in [0.717, 1.165) is 0 Å². The van der Waals surface area contributed by atoms with Crippen molar-refractivity contribution in [3.05, 3.63) is 29.8 Å². The maximum Gasteiger partial charge on any atom is 0.326 e. The fourth-order valence-corrected chi connectivity index (χ4v) is 3.32. The van der Waals surface area contributed by atoms with Crippen LogP contribution in [0.5, 0.6) is 5.75 Å². The number of phenols is 1. The van der Waals surface area contributed by atoms with E-state index < -0.39 is 47.9 Å². The molecule has 10 nitrogen and oxygen atoms in total. The highest BCUT2D eigenvalue weighted by molar-refractivity contribution is 5.94. The lowest BCUT2D eigenvalue weighted by Crippen LogP contribution is -2.57. The number of phenolic OH excluding ortho intramolecular Hbond substituents is 1. The molecule has 0 bridgehead atoms. The molecule has 190 valence electrons. The van der Waals surface area contributed by atoms with E-state index in [2.05, 4.69) is 16.0 Å². The molecule has 0 saturated heterocycles. The Morgan fingerprint density at radius 3 is 1.68 bits per heavy atom. The van der Waals surface area contributed by atoms with Crippen LogP contribution in [0.3, 0.4) is 0 Å². The Morgan fingerprint density at radius 2 is 1.21 bits per heavy atom. The number of carboxylic acids is 1. The highest BCUT2D eigenvalue weighted by atomic mass is 16.4. The summed E-state index contributed by atoms with van der Waals surface area (Å²) >= 11 is 0. The number of aliphatic carboxylic acids is 1. The van der Waals surface area contributed by atoms with E-state index in [-0.39, 0.29) is 30.4 Å². The molecule has 0 aromatic heterocycles.